The molecule has 0 unspecified atom stereocenters. The van der Waals surface area contributed by atoms with Gasteiger partial charge in [-0.3, -0.25) is 0 Å². The number of hydrogen-bond donors (Lipinski definition) is 4. The third-order valence-electron chi connectivity index (χ3n) is 0.833. The van der Waals surface area contributed by atoms with Gasteiger partial charge in [0.05, 0.1) is 0 Å². The molecule has 0 aromatic rings. The van der Waals surface area contributed by atoms with Gasteiger partial charge in [0.25, 0.3) is 0 Å². The van der Waals surface area contributed by atoms with E-state index >= 15 is 0 Å². The van der Waals surface area contributed by atoms with E-state index in [9.17, 15) is 0 Å². The van der Waals surface area contributed by atoms with Crippen LogP contribution >= 0.6 is 0 Å². The molecule has 0 fully saturated rings. The van der Waals surface area contributed by atoms with E-state index in [1.165, 1.54) is 0 Å². The summed E-state index contributed by atoms with van der Waals surface area (Å²) in [6.07, 6.45) is 0.819. The van der Waals surface area contributed by atoms with Crippen molar-refractivity contribution >= 4 is 0 Å². The molecule has 0 aliphatic rings. The van der Waals surface area contributed by atoms with Crippen molar-refractivity contribution in [1.29, 1.82) is 0 Å². The van der Waals surface area contributed by atoms with Crippen molar-refractivity contribution in [3.05, 3.63) is 0 Å². The zero-order valence-electron chi connectivity index (χ0n) is 6.42. The monoisotopic (exact) mass is 199 g/mol. The Hall–Kier alpha value is 0.354. The molecule has 0 radical (unpaired) electrons. The van der Waals surface area contributed by atoms with Crippen LogP contribution in [0.1, 0.15) is 6.42 Å². The molecule has 0 amide bonds. The first-order valence-corrected chi connectivity index (χ1v) is 4.70. The Morgan fingerprint density at radius 1 is 1.45 bits per heavy atom. The third-order valence-corrected chi connectivity index (χ3v) is 0.833. The Balaban J connectivity index is 0. The number of hydrogen-bond acceptors (Lipinski definition) is 4. The van der Waals surface area contributed by atoms with Gasteiger partial charge in [-0.05, 0) is 13.0 Å². The Labute approximate surface area is 75.7 Å². The Kier molecular flexibility index (Phi) is 21.2. The molecule has 0 saturated carbocycles. The summed E-state index contributed by atoms with van der Waals surface area (Å²) in [7, 11) is 0. The summed E-state index contributed by atoms with van der Waals surface area (Å²) in [6, 6.07) is 0. The zero-order valence-corrected chi connectivity index (χ0v) is 7.98. The first-order valence-electron chi connectivity index (χ1n) is 3.36. The molecule has 5 N–H and O–H groups in total. The van der Waals surface area contributed by atoms with Crippen molar-refractivity contribution in [3.63, 3.8) is 0 Å². The van der Waals surface area contributed by atoms with E-state index in [0.717, 1.165) is 19.5 Å². The van der Waals surface area contributed by atoms with Crippen LogP contribution in [0.4, 0.5) is 0 Å². The summed E-state index contributed by atoms with van der Waals surface area (Å²) in [4.78, 5) is 0. The topological polar surface area (TPSA) is 95.6 Å². The van der Waals surface area contributed by atoms with E-state index in [4.69, 9.17) is 17.9 Å². The fourth-order valence-electron chi connectivity index (χ4n) is 0.431. The number of aliphatic hydroxyl groups excluding tert-OH is 1. The average molecular weight is 199 g/mol. The molecule has 0 aromatic heterocycles. The quantitative estimate of drug-likeness (QED) is 0.310. The third kappa shape index (κ3) is 25.2. The molecule has 0 rings (SSSR count). The van der Waals surface area contributed by atoms with Crippen molar-refractivity contribution in [3.8, 4) is 0 Å². The van der Waals surface area contributed by atoms with E-state index in [0.29, 0.717) is 6.54 Å². The van der Waals surface area contributed by atoms with E-state index in [1.807, 2.05) is 0 Å². The summed E-state index contributed by atoms with van der Waals surface area (Å²) in [5.41, 5.74) is 5.19. The van der Waals surface area contributed by atoms with Crippen molar-refractivity contribution in [2.45, 2.75) is 6.42 Å². The normalized spacial score (nSPS) is 7.91. The number of rotatable bonds is 5. The second kappa shape index (κ2) is 16.8. The molecule has 0 aliphatic carbocycles. The fourth-order valence-corrected chi connectivity index (χ4v) is 0.431. The van der Waals surface area contributed by atoms with Crippen LogP contribution in [0.2, 0.25) is 0 Å². The summed E-state index contributed by atoms with van der Waals surface area (Å²) < 4.78 is 15.8. The molecule has 5 nitrogen and oxygen atoms in total. The molecular formula is C5H15N2O3Ti. The van der Waals surface area contributed by atoms with Gasteiger partial charge < -0.3 is 16.2 Å². The first kappa shape index (κ1) is 13.9. The predicted molar refractivity (Wildman–Crippen MR) is 36.5 cm³/mol. The second-order valence-electron chi connectivity index (χ2n) is 1.71. The molecule has 0 bridgehead atoms. The Morgan fingerprint density at radius 3 is 2.36 bits per heavy atom. The molecule has 0 atom stereocenters. The maximum absolute atomic E-state index is 8.61. The average Bonchev–Trinajstić information content (AvgIpc) is 2.00. The minimum absolute atomic E-state index is 0.261. The maximum atomic E-state index is 8.61. The Morgan fingerprint density at radius 2 is 2.00 bits per heavy atom. The molecule has 0 aromatic carbocycles. The molecule has 0 heterocycles. The van der Waals surface area contributed by atoms with Gasteiger partial charge in [-0.1, -0.05) is 0 Å². The summed E-state index contributed by atoms with van der Waals surface area (Å²) in [6.45, 7) is 2.65. The molecule has 11 heavy (non-hydrogen) atoms. The Bertz CT molecular complexity index is 68.7. The molecule has 67 valence electrons. The van der Waals surface area contributed by atoms with Gasteiger partial charge in [-0.15, -0.1) is 0 Å². The molecule has 0 aliphatic heterocycles. The van der Waals surface area contributed by atoms with E-state index in [2.05, 4.69) is 5.32 Å². The van der Waals surface area contributed by atoms with Crippen LogP contribution in [-0.2, 0) is 22.8 Å². The molecule has 0 spiro atoms. The van der Waals surface area contributed by atoms with Gasteiger partial charge in [0.15, 0.2) is 0 Å². The van der Waals surface area contributed by atoms with Crippen molar-refractivity contribution in [1.82, 2.24) is 5.32 Å². The van der Waals surface area contributed by atoms with Gasteiger partial charge >= 0.3 is 26.5 Å². The van der Waals surface area contributed by atoms with Crippen molar-refractivity contribution in [2.75, 3.05) is 26.2 Å². The number of nitrogens with one attached hydrogen (secondary N) is 1. The zero-order chi connectivity index (χ0) is 8.95. The van der Waals surface area contributed by atoms with Gasteiger partial charge in [-0.25, -0.2) is 0 Å². The molecular weight excluding hydrogens is 184 g/mol. The van der Waals surface area contributed by atoms with Crippen LogP contribution in [-0.4, -0.2) is 35.0 Å². The van der Waals surface area contributed by atoms with Crippen LogP contribution in [0.3, 0.4) is 0 Å². The predicted octanol–water partition coefficient (Wildman–Crippen LogP) is -1.76. The van der Waals surface area contributed by atoms with Crippen LogP contribution in [0.25, 0.3) is 0 Å². The molecule has 6 heteroatoms. The van der Waals surface area contributed by atoms with Crippen LogP contribution in [0.15, 0.2) is 0 Å². The first-order chi connectivity index (χ1) is 5.33. The van der Waals surface area contributed by atoms with E-state index < -0.39 is 19.5 Å². The van der Waals surface area contributed by atoms with E-state index in [-0.39, 0.29) is 6.61 Å². The van der Waals surface area contributed by atoms with Crippen molar-refractivity contribution in [2.24, 2.45) is 5.73 Å². The van der Waals surface area contributed by atoms with Gasteiger partial charge in [0.2, 0.25) is 0 Å². The van der Waals surface area contributed by atoms with Crippen LogP contribution < -0.4 is 11.1 Å². The van der Waals surface area contributed by atoms with Gasteiger partial charge in [0, 0.05) is 19.7 Å². The number of aliphatic hydroxyl groups is 1. The number of nitrogens with two attached hydrogens (primary N) is 1. The van der Waals surface area contributed by atoms with Gasteiger partial charge in [0.1, 0.15) is 0 Å². The van der Waals surface area contributed by atoms with Crippen LogP contribution in [0, 0.1) is 0 Å². The second-order valence-corrected chi connectivity index (χ2v) is 1.99. The van der Waals surface area contributed by atoms with Gasteiger partial charge in [-0.2, -0.15) is 0 Å². The summed E-state index contributed by atoms with van der Waals surface area (Å²) in [5.74, 6) is 0. The minimum atomic E-state index is -1.75. The standard InChI is InChI=1S/C5H14N2O.H2O.O.Ti/c6-2-4-7-3-1-5-8;;;/h7-8H,1-6H2;1H2;;/q;;;+1/p-1. The van der Waals surface area contributed by atoms with Crippen molar-refractivity contribution < 1.29 is 31.6 Å². The summed E-state index contributed by atoms with van der Waals surface area (Å²) >= 11 is -1.75. The summed E-state index contributed by atoms with van der Waals surface area (Å²) in [5, 5.41) is 11.3. The van der Waals surface area contributed by atoms with Crippen LogP contribution in [0.5, 0.6) is 0 Å². The fraction of sp³-hybridized carbons (Fsp3) is 1.00. The SMILES string of the molecule is NCCNCCCO.[O]=[Ti][OH]. The molecule has 0 saturated heterocycles. The van der Waals surface area contributed by atoms with E-state index in [1.54, 1.807) is 0 Å².